The fourth-order valence-electron chi connectivity index (χ4n) is 0.898. The Bertz CT molecular complexity index is 429. The van der Waals surface area contributed by atoms with Gasteiger partial charge in [-0.05, 0) is 15.9 Å². The maximum Gasteiger partial charge on any atom is 0.282 e. The van der Waals surface area contributed by atoms with E-state index in [1.165, 1.54) is 10.9 Å². The largest absolute Gasteiger partial charge is 0.374 e. The van der Waals surface area contributed by atoms with Gasteiger partial charge in [0.1, 0.15) is 4.47 Å². The predicted molar refractivity (Wildman–Crippen MR) is 59.7 cm³/mol. The van der Waals surface area contributed by atoms with E-state index in [0.29, 0.717) is 10.2 Å². The lowest BCUT2D eigenvalue weighted by Crippen LogP contribution is -2.28. The number of carbonyl (C=O) groups is 1. The summed E-state index contributed by atoms with van der Waals surface area (Å²) in [6.45, 7) is 0.101. The van der Waals surface area contributed by atoms with Crippen molar-refractivity contribution in [2.75, 3.05) is 18.9 Å². The number of hydrogen-bond acceptors (Lipinski definition) is 4. The van der Waals surface area contributed by atoms with Crippen molar-refractivity contribution < 1.29 is 4.79 Å². The number of amides is 1. The predicted octanol–water partition coefficient (Wildman–Crippen LogP) is -0.299. The first-order valence-corrected chi connectivity index (χ1v) is 5.02. The number of carbonyl (C=O) groups excluding carboxylic acids is 1. The summed E-state index contributed by atoms with van der Waals surface area (Å²) in [5.74, 6) is -0.164. The first-order valence-electron chi connectivity index (χ1n) is 4.22. The number of aryl methyl sites for hydroxylation is 1. The second kappa shape index (κ2) is 4.92. The van der Waals surface area contributed by atoms with Crippen LogP contribution in [0.1, 0.15) is 0 Å². The van der Waals surface area contributed by atoms with Gasteiger partial charge in [-0.3, -0.25) is 9.59 Å². The summed E-state index contributed by atoms with van der Waals surface area (Å²) in [6, 6.07) is 0. The summed E-state index contributed by atoms with van der Waals surface area (Å²) in [5.41, 5.74) is 0.249. The second-order valence-electron chi connectivity index (χ2n) is 2.83. The zero-order chi connectivity index (χ0) is 11.4. The van der Waals surface area contributed by atoms with Gasteiger partial charge in [-0.15, -0.1) is 0 Å². The topological polar surface area (TPSA) is 76.0 Å². The van der Waals surface area contributed by atoms with Gasteiger partial charge in [0.05, 0.1) is 18.4 Å². The monoisotopic (exact) mass is 274 g/mol. The molecule has 1 aromatic heterocycles. The van der Waals surface area contributed by atoms with Crippen LogP contribution in [-0.4, -0.2) is 29.3 Å². The second-order valence-corrected chi connectivity index (χ2v) is 3.62. The molecule has 0 saturated carbocycles. The highest BCUT2D eigenvalue weighted by Crippen LogP contribution is 2.14. The molecule has 0 atom stereocenters. The Morgan fingerprint density at radius 2 is 2.33 bits per heavy atom. The fraction of sp³-hybridized carbons (Fsp3) is 0.375. The van der Waals surface area contributed by atoms with Gasteiger partial charge in [0, 0.05) is 14.1 Å². The van der Waals surface area contributed by atoms with E-state index < -0.39 is 0 Å². The van der Waals surface area contributed by atoms with Gasteiger partial charge in [-0.1, -0.05) is 0 Å². The summed E-state index contributed by atoms with van der Waals surface area (Å²) >= 11 is 3.14. The molecule has 2 N–H and O–H groups in total. The highest BCUT2D eigenvalue weighted by molar-refractivity contribution is 9.10. The van der Waals surface area contributed by atoms with E-state index in [-0.39, 0.29) is 18.0 Å². The number of hydrogen-bond donors (Lipinski definition) is 2. The molecule has 82 valence electrons. The first kappa shape index (κ1) is 11.7. The molecule has 0 radical (unpaired) electrons. The van der Waals surface area contributed by atoms with Gasteiger partial charge in [-0.2, -0.15) is 5.10 Å². The zero-order valence-electron chi connectivity index (χ0n) is 8.37. The number of nitrogens with one attached hydrogen (secondary N) is 2. The van der Waals surface area contributed by atoms with Gasteiger partial charge in [0.2, 0.25) is 5.91 Å². The summed E-state index contributed by atoms with van der Waals surface area (Å²) in [4.78, 5) is 22.4. The Morgan fingerprint density at radius 3 is 2.93 bits per heavy atom. The summed E-state index contributed by atoms with van der Waals surface area (Å²) in [7, 11) is 3.09. The lowest BCUT2D eigenvalue weighted by Gasteiger charge is -2.07. The van der Waals surface area contributed by atoms with Crippen molar-refractivity contribution in [3.8, 4) is 0 Å². The van der Waals surface area contributed by atoms with Crippen LogP contribution in [-0.2, 0) is 11.8 Å². The van der Waals surface area contributed by atoms with Crippen LogP contribution in [0.5, 0.6) is 0 Å². The van der Waals surface area contributed by atoms with Crippen molar-refractivity contribution in [2.45, 2.75) is 0 Å². The Balaban J connectivity index is 2.83. The van der Waals surface area contributed by atoms with Gasteiger partial charge in [0.25, 0.3) is 5.56 Å². The smallest absolute Gasteiger partial charge is 0.282 e. The number of halogens is 1. The highest BCUT2D eigenvalue weighted by atomic mass is 79.9. The third-order valence-corrected chi connectivity index (χ3v) is 2.56. The highest BCUT2D eigenvalue weighted by Gasteiger charge is 2.07. The average Bonchev–Trinajstić information content (AvgIpc) is 2.24. The maximum absolute atomic E-state index is 11.4. The van der Waals surface area contributed by atoms with E-state index in [1.807, 2.05) is 0 Å². The van der Waals surface area contributed by atoms with Crippen molar-refractivity contribution in [2.24, 2.45) is 7.05 Å². The Hall–Kier alpha value is -1.37. The molecular weight excluding hydrogens is 264 g/mol. The molecule has 0 aliphatic carbocycles. The fourth-order valence-corrected chi connectivity index (χ4v) is 1.40. The minimum absolute atomic E-state index is 0.101. The number of anilines is 1. The quantitative estimate of drug-likeness (QED) is 0.794. The molecule has 0 saturated heterocycles. The molecule has 0 bridgehead atoms. The van der Waals surface area contributed by atoms with Crippen molar-refractivity contribution >= 4 is 27.5 Å². The van der Waals surface area contributed by atoms with Crippen molar-refractivity contribution in [1.29, 1.82) is 0 Å². The maximum atomic E-state index is 11.4. The van der Waals surface area contributed by atoms with Crippen LogP contribution in [0.4, 0.5) is 5.69 Å². The molecular formula is C8H11BrN4O2. The van der Waals surface area contributed by atoms with E-state index in [4.69, 9.17) is 0 Å². The van der Waals surface area contributed by atoms with Crippen LogP contribution >= 0.6 is 15.9 Å². The Kier molecular flexibility index (Phi) is 3.84. The standard InChI is InChI=1S/C8H11BrN4O2/c1-10-6(14)4-11-5-3-12-13(2)8(15)7(5)9/h3,11H,4H2,1-2H3,(H,10,14). The molecule has 0 spiro atoms. The Morgan fingerprint density at radius 1 is 1.67 bits per heavy atom. The van der Waals surface area contributed by atoms with E-state index in [2.05, 4.69) is 31.7 Å². The van der Waals surface area contributed by atoms with E-state index >= 15 is 0 Å². The van der Waals surface area contributed by atoms with Crippen LogP contribution in [0.2, 0.25) is 0 Å². The molecule has 0 aliphatic rings. The van der Waals surface area contributed by atoms with Crippen LogP contribution in [0.25, 0.3) is 0 Å². The third kappa shape index (κ3) is 2.79. The number of nitrogens with zero attached hydrogens (tertiary/aromatic N) is 2. The molecule has 1 rings (SSSR count). The third-order valence-electron chi connectivity index (χ3n) is 1.80. The summed E-state index contributed by atoms with van der Waals surface area (Å²) < 4.78 is 1.57. The van der Waals surface area contributed by atoms with Crippen LogP contribution in [0, 0.1) is 0 Å². The lowest BCUT2D eigenvalue weighted by atomic mass is 10.4. The molecule has 0 fully saturated rings. The van der Waals surface area contributed by atoms with E-state index in [1.54, 1.807) is 14.1 Å². The zero-order valence-corrected chi connectivity index (χ0v) is 9.96. The van der Waals surface area contributed by atoms with Crippen molar-refractivity contribution in [3.63, 3.8) is 0 Å². The van der Waals surface area contributed by atoms with Gasteiger partial charge < -0.3 is 10.6 Å². The molecule has 1 heterocycles. The number of rotatable bonds is 3. The van der Waals surface area contributed by atoms with Gasteiger partial charge in [0.15, 0.2) is 0 Å². The molecule has 0 aromatic carbocycles. The van der Waals surface area contributed by atoms with Gasteiger partial charge in [-0.25, -0.2) is 4.68 Å². The molecule has 7 heteroatoms. The number of likely N-dealkylation sites (N-methyl/N-ethyl adjacent to an activating group) is 1. The minimum Gasteiger partial charge on any atom is -0.374 e. The average molecular weight is 275 g/mol. The van der Waals surface area contributed by atoms with Crippen molar-refractivity contribution in [3.05, 3.63) is 21.0 Å². The van der Waals surface area contributed by atoms with Crippen molar-refractivity contribution in [1.82, 2.24) is 15.1 Å². The molecule has 1 aromatic rings. The Labute approximate surface area is 94.8 Å². The molecule has 1 amide bonds. The first-order chi connectivity index (χ1) is 7.06. The molecule has 0 aliphatic heterocycles. The van der Waals surface area contributed by atoms with Crippen LogP contribution in [0.3, 0.4) is 0 Å². The van der Waals surface area contributed by atoms with Gasteiger partial charge >= 0.3 is 0 Å². The molecule has 6 nitrogen and oxygen atoms in total. The van der Waals surface area contributed by atoms with E-state index in [9.17, 15) is 9.59 Å². The normalized spacial score (nSPS) is 9.80. The molecule has 15 heavy (non-hydrogen) atoms. The SMILES string of the molecule is CNC(=O)CNc1cnn(C)c(=O)c1Br. The summed E-state index contributed by atoms with van der Waals surface area (Å²) in [5, 5.41) is 9.08. The number of aromatic nitrogens is 2. The van der Waals surface area contributed by atoms with E-state index in [0.717, 1.165) is 0 Å². The minimum atomic E-state index is -0.253. The van der Waals surface area contributed by atoms with Crippen LogP contribution < -0.4 is 16.2 Å². The molecule has 0 unspecified atom stereocenters. The lowest BCUT2D eigenvalue weighted by molar-refractivity contribution is -0.118. The van der Waals surface area contributed by atoms with Crippen LogP contribution in [0.15, 0.2) is 15.5 Å². The summed E-state index contributed by atoms with van der Waals surface area (Å²) in [6.07, 6.45) is 1.48.